The minimum absolute atomic E-state index is 0. The van der Waals surface area contributed by atoms with Gasteiger partial charge in [-0.25, -0.2) is 0 Å². The summed E-state index contributed by atoms with van der Waals surface area (Å²) in [6, 6.07) is 0. The standard InChI is InChI=1S/C12H18N2O2S.ClH/c1-16-7-3-6-14-12(15)10-8-4-2-5-9(8)17-11(10)13;/h2-7,13H2,1H3,(H,14,15);1H. The zero-order chi connectivity index (χ0) is 12.3. The molecule has 0 saturated heterocycles. The van der Waals surface area contributed by atoms with Gasteiger partial charge in [0.15, 0.2) is 0 Å². The van der Waals surface area contributed by atoms with Crippen molar-refractivity contribution in [3.8, 4) is 0 Å². The molecular weight excluding hydrogens is 272 g/mol. The van der Waals surface area contributed by atoms with Gasteiger partial charge in [-0.15, -0.1) is 23.7 Å². The van der Waals surface area contributed by atoms with Crippen molar-refractivity contribution >= 4 is 34.7 Å². The maximum absolute atomic E-state index is 12.0. The molecule has 4 nitrogen and oxygen atoms in total. The van der Waals surface area contributed by atoms with E-state index in [9.17, 15) is 4.79 Å². The van der Waals surface area contributed by atoms with Crippen LogP contribution in [-0.4, -0.2) is 26.2 Å². The van der Waals surface area contributed by atoms with Crippen molar-refractivity contribution < 1.29 is 9.53 Å². The molecule has 3 N–H and O–H groups in total. The van der Waals surface area contributed by atoms with Gasteiger partial charge in [-0.3, -0.25) is 4.79 Å². The summed E-state index contributed by atoms with van der Waals surface area (Å²) in [5.74, 6) is -0.0296. The summed E-state index contributed by atoms with van der Waals surface area (Å²) in [6.45, 7) is 1.30. The molecule has 0 spiro atoms. The number of methoxy groups -OCH3 is 1. The van der Waals surface area contributed by atoms with E-state index in [-0.39, 0.29) is 18.3 Å². The van der Waals surface area contributed by atoms with Gasteiger partial charge in [-0.05, 0) is 31.2 Å². The van der Waals surface area contributed by atoms with Gasteiger partial charge in [0, 0.05) is 25.1 Å². The number of fused-ring (bicyclic) bond motifs is 1. The van der Waals surface area contributed by atoms with Crippen LogP contribution in [0.5, 0.6) is 0 Å². The second-order valence-electron chi connectivity index (χ2n) is 4.20. The normalized spacial score (nSPS) is 12.9. The number of anilines is 1. The summed E-state index contributed by atoms with van der Waals surface area (Å²) in [4.78, 5) is 13.3. The number of nitrogen functional groups attached to an aromatic ring is 1. The molecule has 6 heteroatoms. The van der Waals surface area contributed by atoms with Crippen molar-refractivity contribution in [3.63, 3.8) is 0 Å². The number of thiophene rings is 1. The highest BCUT2D eigenvalue weighted by Crippen LogP contribution is 2.37. The van der Waals surface area contributed by atoms with E-state index in [1.54, 1.807) is 18.4 Å². The van der Waals surface area contributed by atoms with Crippen LogP contribution in [0.4, 0.5) is 5.00 Å². The van der Waals surface area contributed by atoms with Gasteiger partial charge < -0.3 is 15.8 Å². The third kappa shape index (κ3) is 3.16. The van der Waals surface area contributed by atoms with Crippen LogP contribution in [0.15, 0.2) is 0 Å². The number of nitrogens with one attached hydrogen (secondary N) is 1. The second kappa shape index (κ2) is 6.97. The van der Waals surface area contributed by atoms with Crippen molar-refractivity contribution in [3.05, 3.63) is 16.0 Å². The summed E-state index contributed by atoms with van der Waals surface area (Å²) in [6.07, 6.45) is 4.03. The molecule has 2 rings (SSSR count). The molecule has 1 heterocycles. The smallest absolute Gasteiger partial charge is 0.254 e. The molecule has 1 aliphatic rings. The van der Waals surface area contributed by atoms with Gasteiger partial charge in [0.1, 0.15) is 0 Å². The Morgan fingerprint density at radius 2 is 2.28 bits per heavy atom. The van der Waals surface area contributed by atoms with Crippen LogP contribution in [0.25, 0.3) is 0 Å². The Kier molecular flexibility index (Phi) is 5.91. The third-order valence-electron chi connectivity index (χ3n) is 2.99. The Hall–Kier alpha value is -0.780. The fourth-order valence-electron chi connectivity index (χ4n) is 2.18. The molecule has 0 radical (unpaired) electrons. The van der Waals surface area contributed by atoms with Crippen molar-refractivity contribution in [1.29, 1.82) is 0 Å². The topological polar surface area (TPSA) is 64.3 Å². The number of amides is 1. The molecule has 0 saturated carbocycles. The highest BCUT2D eigenvalue weighted by molar-refractivity contribution is 7.16. The monoisotopic (exact) mass is 290 g/mol. The molecule has 1 amide bonds. The lowest BCUT2D eigenvalue weighted by molar-refractivity contribution is 0.0949. The molecule has 1 aliphatic carbocycles. The zero-order valence-corrected chi connectivity index (χ0v) is 12.1. The fraction of sp³-hybridized carbons (Fsp3) is 0.583. The van der Waals surface area contributed by atoms with Crippen molar-refractivity contribution in [1.82, 2.24) is 5.32 Å². The first-order valence-electron chi connectivity index (χ1n) is 5.91. The Bertz CT molecular complexity index is 420. The molecule has 0 fully saturated rings. The molecular formula is C12H19ClN2O2S. The van der Waals surface area contributed by atoms with Crippen LogP contribution in [-0.2, 0) is 17.6 Å². The first-order valence-corrected chi connectivity index (χ1v) is 6.73. The molecule has 0 aromatic carbocycles. The van der Waals surface area contributed by atoms with Gasteiger partial charge in [0.25, 0.3) is 5.91 Å². The predicted octanol–water partition coefficient (Wildman–Crippen LogP) is 2.01. The van der Waals surface area contributed by atoms with E-state index in [1.807, 2.05) is 0 Å². The molecule has 0 aliphatic heterocycles. The number of hydrogen-bond acceptors (Lipinski definition) is 4. The minimum Gasteiger partial charge on any atom is -0.390 e. The maximum Gasteiger partial charge on any atom is 0.254 e. The van der Waals surface area contributed by atoms with Crippen molar-refractivity contribution in [2.75, 3.05) is 26.0 Å². The number of aryl methyl sites for hydroxylation is 1. The Balaban J connectivity index is 0.00000162. The number of ether oxygens (including phenoxy) is 1. The maximum atomic E-state index is 12.0. The largest absolute Gasteiger partial charge is 0.390 e. The third-order valence-corrected chi connectivity index (χ3v) is 4.11. The van der Waals surface area contributed by atoms with E-state index in [0.717, 1.165) is 31.2 Å². The van der Waals surface area contributed by atoms with E-state index in [2.05, 4.69) is 5.32 Å². The summed E-state index contributed by atoms with van der Waals surface area (Å²) >= 11 is 1.57. The van der Waals surface area contributed by atoms with Gasteiger partial charge in [-0.2, -0.15) is 0 Å². The molecule has 1 aromatic heterocycles. The van der Waals surface area contributed by atoms with Gasteiger partial charge in [-0.1, -0.05) is 0 Å². The van der Waals surface area contributed by atoms with Crippen molar-refractivity contribution in [2.45, 2.75) is 25.7 Å². The number of hydrogen-bond donors (Lipinski definition) is 2. The summed E-state index contributed by atoms with van der Waals surface area (Å²) in [5.41, 5.74) is 7.82. The minimum atomic E-state index is -0.0296. The van der Waals surface area contributed by atoms with Crippen LogP contribution in [0.3, 0.4) is 0 Å². The van der Waals surface area contributed by atoms with Crippen molar-refractivity contribution in [2.24, 2.45) is 0 Å². The van der Waals surface area contributed by atoms with Gasteiger partial charge in [0.2, 0.25) is 0 Å². The second-order valence-corrected chi connectivity index (χ2v) is 5.34. The van der Waals surface area contributed by atoms with E-state index >= 15 is 0 Å². The average molecular weight is 291 g/mol. The fourth-order valence-corrected chi connectivity index (χ4v) is 3.34. The molecule has 0 unspecified atom stereocenters. The highest BCUT2D eigenvalue weighted by Gasteiger charge is 2.24. The summed E-state index contributed by atoms with van der Waals surface area (Å²) < 4.78 is 4.94. The number of halogens is 1. The lowest BCUT2D eigenvalue weighted by Gasteiger charge is -2.06. The van der Waals surface area contributed by atoms with Gasteiger partial charge in [0.05, 0.1) is 10.6 Å². The predicted molar refractivity (Wildman–Crippen MR) is 76.8 cm³/mol. The number of nitrogens with two attached hydrogens (primary N) is 1. The van der Waals surface area contributed by atoms with E-state index < -0.39 is 0 Å². The lowest BCUT2D eigenvalue weighted by atomic mass is 10.1. The zero-order valence-electron chi connectivity index (χ0n) is 10.5. The summed E-state index contributed by atoms with van der Waals surface area (Å²) in [5, 5.41) is 3.56. The number of carbonyl (C=O) groups excluding carboxylic acids is 1. The SMILES string of the molecule is COCCCNC(=O)c1c(N)sc2c1CCC2.Cl. The van der Waals surface area contributed by atoms with Crippen LogP contribution < -0.4 is 11.1 Å². The Morgan fingerprint density at radius 3 is 3.00 bits per heavy atom. The van der Waals surface area contributed by atoms with Crippen LogP contribution in [0.2, 0.25) is 0 Å². The summed E-state index contributed by atoms with van der Waals surface area (Å²) in [7, 11) is 1.66. The Morgan fingerprint density at radius 1 is 1.50 bits per heavy atom. The van der Waals surface area contributed by atoms with E-state index in [0.29, 0.717) is 18.2 Å². The Labute approximate surface area is 117 Å². The molecule has 18 heavy (non-hydrogen) atoms. The van der Waals surface area contributed by atoms with E-state index in [1.165, 1.54) is 10.4 Å². The first-order chi connectivity index (χ1) is 8.24. The highest BCUT2D eigenvalue weighted by atomic mass is 35.5. The van der Waals surface area contributed by atoms with Crippen LogP contribution in [0.1, 0.15) is 33.6 Å². The quantitative estimate of drug-likeness (QED) is 0.815. The molecule has 1 aromatic rings. The van der Waals surface area contributed by atoms with Crippen LogP contribution in [0, 0.1) is 0 Å². The number of rotatable bonds is 5. The molecule has 102 valence electrons. The van der Waals surface area contributed by atoms with Gasteiger partial charge >= 0.3 is 0 Å². The van der Waals surface area contributed by atoms with Crippen LogP contribution >= 0.6 is 23.7 Å². The molecule has 0 bridgehead atoms. The average Bonchev–Trinajstić information content (AvgIpc) is 2.83. The number of carbonyl (C=O) groups is 1. The first kappa shape index (κ1) is 15.3. The van der Waals surface area contributed by atoms with E-state index in [4.69, 9.17) is 10.5 Å². The lowest BCUT2D eigenvalue weighted by Crippen LogP contribution is -2.26. The molecule has 0 atom stereocenters.